The first kappa shape index (κ1) is 10.5. The Balaban J connectivity index is 2.07. The minimum atomic E-state index is -0.0166. The molecule has 0 spiro atoms. The summed E-state index contributed by atoms with van der Waals surface area (Å²) in [6.45, 7) is 1.98. The van der Waals surface area contributed by atoms with E-state index in [1.54, 1.807) is 0 Å². The second-order valence-corrected chi connectivity index (χ2v) is 4.23. The maximum atomic E-state index is 8.97. The van der Waals surface area contributed by atoms with Gasteiger partial charge in [0.05, 0.1) is 0 Å². The quantitative estimate of drug-likeness (QED) is 0.729. The molecule has 3 nitrogen and oxygen atoms in total. The first-order valence-corrected chi connectivity index (χ1v) is 5.31. The Morgan fingerprint density at radius 1 is 1.53 bits per heavy atom. The minimum absolute atomic E-state index is 0.0166. The van der Waals surface area contributed by atoms with Gasteiger partial charge in [-0.05, 0) is 31.1 Å². The van der Waals surface area contributed by atoms with E-state index in [-0.39, 0.29) is 24.7 Å². The molecule has 15 heavy (non-hydrogen) atoms. The van der Waals surface area contributed by atoms with E-state index in [1.165, 1.54) is 5.57 Å². The predicted molar refractivity (Wildman–Crippen MR) is 59.0 cm³/mol. The molecule has 2 aliphatic rings. The van der Waals surface area contributed by atoms with Crippen LogP contribution in [-0.2, 0) is 4.74 Å². The van der Waals surface area contributed by atoms with E-state index >= 15 is 0 Å². The summed E-state index contributed by atoms with van der Waals surface area (Å²) < 4.78 is 5.52. The summed E-state index contributed by atoms with van der Waals surface area (Å²) in [4.78, 5) is 0. The van der Waals surface area contributed by atoms with Crippen molar-refractivity contribution in [3.8, 4) is 0 Å². The van der Waals surface area contributed by atoms with Crippen LogP contribution in [0.3, 0.4) is 0 Å². The van der Waals surface area contributed by atoms with Crippen molar-refractivity contribution in [2.45, 2.75) is 25.5 Å². The standard InChI is InChI=1S/C12H17NO2/c1-8(13)4-9-2-3-12-10(5-9)6-11(7-14)15-12/h2-3,5-6,8,10,12,14H,4,7,13H2,1H3. The van der Waals surface area contributed by atoms with Crippen molar-refractivity contribution in [2.75, 3.05) is 6.61 Å². The van der Waals surface area contributed by atoms with Gasteiger partial charge in [-0.15, -0.1) is 0 Å². The molecule has 0 radical (unpaired) electrons. The Bertz CT molecular complexity index is 329. The predicted octanol–water partition coefficient (Wildman–Crippen LogP) is 1.11. The molecule has 1 heterocycles. The number of ether oxygens (including phenoxy) is 1. The fraction of sp³-hybridized carbons (Fsp3) is 0.500. The summed E-state index contributed by atoms with van der Waals surface area (Å²) in [5, 5.41) is 8.97. The van der Waals surface area contributed by atoms with E-state index in [4.69, 9.17) is 15.6 Å². The smallest absolute Gasteiger partial charge is 0.127 e. The molecule has 2 rings (SSSR count). The molecule has 0 aromatic carbocycles. The summed E-state index contributed by atoms with van der Waals surface area (Å²) in [6.07, 6.45) is 9.23. The molecule has 3 N–H and O–H groups in total. The molecule has 3 atom stereocenters. The van der Waals surface area contributed by atoms with Gasteiger partial charge in [0.2, 0.25) is 0 Å². The van der Waals surface area contributed by atoms with Gasteiger partial charge in [0.1, 0.15) is 18.5 Å². The van der Waals surface area contributed by atoms with Crippen LogP contribution in [0.5, 0.6) is 0 Å². The normalized spacial score (nSPS) is 30.3. The van der Waals surface area contributed by atoms with E-state index in [0.717, 1.165) is 6.42 Å². The largest absolute Gasteiger partial charge is 0.488 e. The molecule has 1 aliphatic heterocycles. The van der Waals surface area contributed by atoms with Crippen molar-refractivity contribution >= 4 is 0 Å². The van der Waals surface area contributed by atoms with Gasteiger partial charge in [-0.1, -0.05) is 12.2 Å². The number of nitrogens with two attached hydrogens (primary N) is 1. The highest BCUT2D eigenvalue weighted by Gasteiger charge is 2.27. The van der Waals surface area contributed by atoms with Gasteiger partial charge in [-0.25, -0.2) is 0 Å². The molecular formula is C12H17NO2. The van der Waals surface area contributed by atoms with Gasteiger partial charge >= 0.3 is 0 Å². The van der Waals surface area contributed by atoms with Crippen LogP contribution in [0.2, 0.25) is 0 Å². The SMILES string of the molecule is CC(N)CC1=CC2C=C(CO)OC2C=C1. The number of aliphatic hydroxyl groups excluding tert-OH is 1. The van der Waals surface area contributed by atoms with Gasteiger partial charge in [0, 0.05) is 12.0 Å². The summed E-state index contributed by atoms with van der Waals surface area (Å²) >= 11 is 0. The molecule has 0 amide bonds. The Labute approximate surface area is 89.9 Å². The van der Waals surface area contributed by atoms with Crippen molar-refractivity contribution < 1.29 is 9.84 Å². The van der Waals surface area contributed by atoms with Crippen molar-refractivity contribution in [1.29, 1.82) is 0 Å². The zero-order chi connectivity index (χ0) is 10.8. The molecular weight excluding hydrogens is 190 g/mol. The van der Waals surface area contributed by atoms with Crippen LogP contribution in [-0.4, -0.2) is 23.9 Å². The number of rotatable bonds is 3. The summed E-state index contributed by atoms with van der Waals surface area (Å²) in [7, 11) is 0. The fourth-order valence-electron chi connectivity index (χ4n) is 2.03. The third-order valence-corrected chi connectivity index (χ3v) is 2.67. The first-order chi connectivity index (χ1) is 7.19. The number of aliphatic hydroxyl groups is 1. The lowest BCUT2D eigenvalue weighted by Gasteiger charge is -2.19. The van der Waals surface area contributed by atoms with E-state index in [0.29, 0.717) is 5.76 Å². The van der Waals surface area contributed by atoms with Crippen LogP contribution in [0.4, 0.5) is 0 Å². The average molecular weight is 207 g/mol. The lowest BCUT2D eigenvalue weighted by molar-refractivity contribution is 0.130. The minimum Gasteiger partial charge on any atom is -0.488 e. The Hall–Kier alpha value is -1.06. The topological polar surface area (TPSA) is 55.5 Å². The van der Waals surface area contributed by atoms with Crippen LogP contribution in [0.25, 0.3) is 0 Å². The third kappa shape index (κ3) is 2.30. The highest BCUT2D eigenvalue weighted by atomic mass is 16.5. The summed E-state index contributed by atoms with van der Waals surface area (Å²) in [5.41, 5.74) is 7.01. The van der Waals surface area contributed by atoms with Crippen LogP contribution in [0.15, 0.2) is 35.6 Å². The van der Waals surface area contributed by atoms with Crippen molar-refractivity contribution in [1.82, 2.24) is 0 Å². The molecule has 0 fully saturated rings. The summed E-state index contributed by atoms with van der Waals surface area (Å²) in [6, 6.07) is 0.182. The zero-order valence-corrected chi connectivity index (χ0v) is 8.89. The summed E-state index contributed by atoms with van der Waals surface area (Å²) in [5.74, 6) is 0.943. The molecule has 0 saturated heterocycles. The van der Waals surface area contributed by atoms with Crippen molar-refractivity contribution in [2.24, 2.45) is 11.7 Å². The third-order valence-electron chi connectivity index (χ3n) is 2.67. The van der Waals surface area contributed by atoms with Gasteiger partial charge in [0.15, 0.2) is 0 Å². The number of allylic oxidation sites excluding steroid dienone is 1. The lowest BCUT2D eigenvalue weighted by Crippen LogP contribution is -2.19. The van der Waals surface area contributed by atoms with Crippen LogP contribution < -0.4 is 5.73 Å². The van der Waals surface area contributed by atoms with Crippen LogP contribution >= 0.6 is 0 Å². The van der Waals surface area contributed by atoms with Gasteiger partial charge in [0.25, 0.3) is 0 Å². The van der Waals surface area contributed by atoms with Gasteiger partial charge in [-0.2, -0.15) is 0 Å². The maximum Gasteiger partial charge on any atom is 0.127 e. The Kier molecular flexibility index (Phi) is 2.93. The molecule has 0 bridgehead atoms. The molecule has 82 valence electrons. The highest BCUT2D eigenvalue weighted by molar-refractivity contribution is 5.32. The number of hydrogen-bond donors (Lipinski definition) is 2. The highest BCUT2D eigenvalue weighted by Crippen LogP contribution is 2.30. The van der Waals surface area contributed by atoms with Crippen molar-refractivity contribution in [3.05, 3.63) is 35.6 Å². The Morgan fingerprint density at radius 2 is 2.33 bits per heavy atom. The molecule has 3 heteroatoms. The van der Waals surface area contributed by atoms with Crippen LogP contribution in [0.1, 0.15) is 13.3 Å². The second-order valence-electron chi connectivity index (χ2n) is 4.23. The van der Waals surface area contributed by atoms with Crippen LogP contribution in [0, 0.1) is 5.92 Å². The second kappa shape index (κ2) is 4.21. The molecule has 0 aromatic rings. The van der Waals surface area contributed by atoms with E-state index in [9.17, 15) is 0 Å². The monoisotopic (exact) mass is 207 g/mol. The lowest BCUT2D eigenvalue weighted by atomic mass is 9.92. The fourth-order valence-corrected chi connectivity index (χ4v) is 2.03. The van der Waals surface area contributed by atoms with E-state index in [2.05, 4.69) is 12.2 Å². The molecule has 0 saturated carbocycles. The van der Waals surface area contributed by atoms with E-state index < -0.39 is 0 Å². The number of hydrogen-bond acceptors (Lipinski definition) is 3. The average Bonchev–Trinajstić information content (AvgIpc) is 2.58. The van der Waals surface area contributed by atoms with Crippen molar-refractivity contribution in [3.63, 3.8) is 0 Å². The first-order valence-electron chi connectivity index (χ1n) is 5.31. The number of fused-ring (bicyclic) bond motifs is 1. The zero-order valence-electron chi connectivity index (χ0n) is 8.89. The molecule has 3 unspecified atom stereocenters. The van der Waals surface area contributed by atoms with Gasteiger partial charge < -0.3 is 15.6 Å². The Morgan fingerprint density at radius 3 is 3.00 bits per heavy atom. The van der Waals surface area contributed by atoms with E-state index in [1.807, 2.05) is 19.1 Å². The molecule has 1 aliphatic carbocycles. The molecule has 0 aromatic heterocycles. The van der Waals surface area contributed by atoms with Gasteiger partial charge in [-0.3, -0.25) is 0 Å². The maximum absolute atomic E-state index is 8.97.